The van der Waals surface area contributed by atoms with Crippen molar-refractivity contribution in [3.63, 3.8) is 0 Å². The van der Waals surface area contributed by atoms with Gasteiger partial charge >= 0.3 is 0 Å². The molecule has 8 bridgehead atoms. The van der Waals surface area contributed by atoms with Crippen LogP contribution in [0.4, 0.5) is 0 Å². The molecule has 0 spiro atoms. The number of nitrogens with one attached hydrogen (secondary N) is 2. The SMILES string of the molecule is CCCn1c(-c2ccc(C#C[Si](C(C)C)(C(C)C)C(C)C)cc2)nc2cc3c(cc21)-c1nc-3nc2[nH]c(nc3nc(nc4[nH]c(n1)c1ccccc41)-c1cc4nc(-c5ccc(C#C[Si](C(C)C)(C(C)C)C(C)C)cc5)n(CCC)c4cc1-3)c1ccccc21. The first kappa shape index (κ1) is 58.2. The van der Waals surface area contributed by atoms with E-state index in [0.29, 0.717) is 79.1 Å². The zero-order chi connectivity index (χ0) is 61.5. The minimum atomic E-state index is -1.90. The molecule has 0 radical (unpaired) electrons. The number of aryl methyl sites for hydroxylation is 2. The van der Waals surface area contributed by atoms with Crippen molar-refractivity contribution in [2.75, 3.05) is 0 Å². The summed E-state index contributed by atoms with van der Waals surface area (Å²) in [5, 5.41) is 3.62. The summed E-state index contributed by atoms with van der Waals surface area (Å²) in [6.45, 7) is 34.3. The van der Waals surface area contributed by atoms with E-state index >= 15 is 0 Å². The Bertz CT molecular complexity index is 4520. The molecule has 0 fully saturated rings. The van der Waals surface area contributed by atoms with Gasteiger partial charge in [-0.25, -0.2) is 39.9 Å². The fourth-order valence-electron chi connectivity index (χ4n) is 14.9. The summed E-state index contributed by atoms with van der Waals surface area (Å²) in [5.74, 6) is 11.2. The fourth-order valence-corrected chi connectivity index (χ4v) is 25.4. The number of rotatable bonds is 12. The second kappa shape index (κ2) is 22.7. The molecule has 0 amide bonds. The molecule has 0 saturated carbocycles. The van der Waals surface area contributed by atoms with Gasteiger partial charge in [-0.15, -0.1) is 11.1 Å². The summed E-state index contributed by atoms with van der Waals surface area (Å²) in [5.41, 5.74) is 25.0. The molecule has 14 heteroatoms. The van der Waals surface area contributed by atoms with Crippen LogP contribution in [0.15, 0.2) is 121 Å². The maximum absolute atomic E-state index is 5.43. The van der Waals surface area contributed by atoms with E-state index in [9.17, 15) is 0 Å². The molecule has 6 aromatic carbocycles. The van der Waals surface area contributed by atoms with Crippen LogP contribution in [0.25, 0.3) is 135 Å². The fraction of sp³-hybridized carbons (Fsp3) is 0.324. The number of hydrogen-bond acceptors (Lipinski definition) is 8. The van der Waals surface area contributed by atoms with Gasteiger partial charge in [-0.1, -0.05) is 182 Å². The Morgan fingerprint density at radius 2 is 0.670 bits per heavy atom. The van der Waals surface area contributed by atoms with E-state index in [4.69, 9.17) is 39.9 Å². The van der Waals surface area contributed by atoms with E-state index in [1.165, 1.54) is 0 Å². The molecule has 5 aromatic heterocycles. The van der Waals surface area contributed by atoms with Crippen molar-refractivity contribution < 1.29 is 0 Å². The number of aromatic amines is 2. The summed E-state index contributed by atoms with van der Waals surface area (Å²) < 4.78 is 4.67. The van der Waals surface area contributed by atoms with Gasteiger partial charge in [0.2, 0.25) is 0 Å². The van der Waals surface area contributed by atoms with Crippen molar-refractivity contribution in [1.29, 1.82) is 0 Å². The number of benzene rings is 6. The highest BCUT2D eigenvalue weighted by Crippen LogP contribution is 2.45. The van der Waals surface area contributed by atoms with Gasteiger partial charge < -0.3 is 19.1 Å². The first-order chi connectivity index (χ1) is 42.4. The molecular weight excluding hydrogens is 1110 g/mol. The number of hydrogen-bond donors (Lipinski definition) is 2. The number of H-pyrrole nitrogens is 2. The minimum absolute atomic E-state index is 0.525. The lowest BCUT2D eigenvalue weighted by atomic mass is 10.1. The van der Waals surface area contributed by atoms with Gasteiger partial charge in [0, 0.05) is 79.1 Å². The summed E-state index contributed by atoms with van der Waals surface area (Å²) >= 11 is 0. The molecule has 0 saturated heterocycles. The number of aromatic nitrogens is 12. The topological polar surface area (TPSA) is 145 Å². The first-order valence-corrected chi connectivity index (χ1v) is 36.2. The number of imidazole rings is 2. The molecule has 7 heterocycles. The lowest BCUT2D eigenvalue weighted by Crippen LogP contribution is -2.43. The smallest absolute Gasteiger partial charge is 0.164 e. The Labute approximate surface area is 518 Å². The van der Waals surface area contributed by atoms with Crippen LogP contribution in [0, 0.1) is 22.9 Å². The number of fused-ring (bicyclic) bond motifs is 22. The third kappa shape index (κ3) is 9.67. The maximum atomic E-state index is 5.43. The highest BCUT2D eigenvalue weighted by Gasteiger charge is 2.43. The van der Waals surface area contributed by atoms with Gasteiger partial charge in [-0.3, -0.25) is 0 Å². The second-order valence-electron chi connectivity index (χ2n) is 26.1. The molecule has 0 aliphatic carbocycles. The quantitative estimate of drug-likeness (QED) is 0.0909. The third-order valence-corrected chi connectivity index (χ3v) is 31.7. The highest BCUT2D eigenvalue weighted by atomic mass is 28.3. The standard InChI is InChI=1S/C74H78N12Si2/c1-15-35-85-63-41-59-57(39-61(63)75-73(85)51-29-25-49(26-30-51)33-37-87(43(3)4,44(5)6)45(7)8)69-79-65-54-22-18-20-24-56(54)68(78-65)82-72-60-42-64-62(40-58(60)70(84-72)80-66-53-21-17-19-23-55(53)67(77-66)81-71(59)83-69)76-74(86(64)36-16-2)52-31-27-50(28-32-52)34-38-88(46(9)10,47(11)12)48(13)14/h17-32,39-48H,15-16,35-36H2,1-14H3,(H2,77,78,79,80,81,82,83,84). The molecular formula is C74H78N12Si2. The van der Waals surface area contributed by atoms with Gasteiger partial charge in [0.05, 0.1) is 22.1 Å². The molecule has 11 aromatic rings. The van der Waals surface area contributed by atoms with E-state index in [1.807, 2.05) is 24.3 Å². The summed E-state index contributed by atoms with van der Waals surface area (Å²) in [6.07, 6.45) is 1.84. The average molecular weight is 1190 g/mol. The minimum Gasteiger partial charge on any atom is -0.324 e. The summed E-state index contributed by atoms with van der Waals surface area (Å²) in [6, 6.07) is 42.5. The van der Waals surface area contributed by atoms with Crippen LogP contribution < -0.4 is 0 Å². The zero-order valence-corrected chi connectivity index (χ0v) is 55.3. The van der Waals surface area contributed by atoms with Crippen LogP contribution in [0.1, 0.15) is 121 Å². The van der Waals surface area contributed by atoms with E-state index in [-0.39, 0.29) is 0 Å². The normalized spacial score (nSPS) is 12.6. The average Bonchev–Trinajstić information content (AvgIpc) is 2.05. The van der Waals surface area contributed by atoms with Gasteiger partial charge in [-0.2, -0.15) is 0 Å². The molecule has 0 unspecified atom stereocenters. The van der Waals surface area contributed by atoms with E-state index < -0.39 is 16.1 Å². The molecule has 2 aliphatic heterocycles. The molecule has 88 heavy (non-hydrogen) atoms. The van der Waals surface area contributed by atoms with Gasteiger partial charge in [0.25, 0.3) is 0 Å². The van der Waals surface area contributed by atoms with Crippen molar-refractivity contribution in [2.45, 2.75) is 156 Å². The molecule has 442 valence electrons. The van der Waals surface area contributed by atoms with Gasteiger partial charge in [0.15, 0.2) is 23.3 Å². The van der Waals surface area contributed by atoms with Crippen molar-refractivity contribution in [2.24, 2.45) is 0 Å². The zero-order valence-electron chi connectivity index (χ0n) is 53.3. The molecule has 2 aliphatic rings. The van der Waals surface area contributed by atoms with Crippen LogP contribution >= 0.6 is 0 Å². The molecule has 2 N–H and O–H groups in total. The molecule has 0 atom stereocenters. The Morgan fingerprint density at radius 3 is 0.955 bits per heavy atom. The van der Waals surface area contributed by atoms with Crippen LogP contribution in [-0.4, -0.2) is 75.1 Å². The van der Waals surface area contributed by atoms with Crippen LogP contribution in [0.2, 0.25) is 33.2 Å². The monoisotopic (exact) mass is 1190 g/mol. The largest absolute Gasteiger partial charge is 0.324 e. The predicted octanol–water partition coefficient (Wildman–Crippen LogP) is 18.9. The second-order valence-corrected chi connectivity index (χ2v) is 37.3. The van der Waals surface area contributed by atoms with Crippen molar-refractivity contribution in [3.05, 3.63) is 132 Å². The van der Waals surface area contributed by atoms with E-state index in [1.54, 1.807) is 0 Å². The Hall–Kier alpha value is -8.83. The van der Waals surface area contributed by atoms with Crippen molar-refractivity contribution >= 4 is 82.3 Å². The highest BCUT2D eigenvalue weighted by molar-refractivity contribution is 6.91. The van der Waals surface area contributed by atoms with Crippen LogP contribution in [0.3, 0.4) is 0 Å². The Balaban J connectivity index is 0.972. The predicted molar refractivity (Wildman–Crippen MR) is 370 cm³/mol. The molecule has 12 nitrogen and oxygen atoms in total. The Kier molecular flexibility index (Phi) is 15.0. The summed E-state index contributed by atoms with van der Waals surface area (Å²) in [7, 11) is -3.81. The van der Waals surface area contributed by atoms with E-state index in [0.717, 1.165) is 126 Å². The van der Waals surface area contributed by atoms with Crippen molar-refractivity contribution in [3.8, 4) is 91.3 Å². The lowest BCUT2D eigenvalue weighted by Gasteiger charge is -2.38. The third-order valence-electron chi connectivity index (χ3n) is 19.1. The first-order valence-electron chi connectivity index (χ1n) is 31.8. The van der Waals surface area contributed by atoms with Crippen molar-refractivity contribution in [1.82, 2.24) is 59.0 Å². The van der Waals surface area contributed by atoms with Crippen LogP contribution in [-0.2, 0) is 13.1 Å². The number of nitrogens with zero attached hydrogens (tertiary/aromatic N) is 10. The van der Waals surface area contributed by atoms with Gasteiger partial charge in [0.1, 0.15) is 50.4 Å². The molecule has 13 rings (SSSR count). The Morgan fingerprint density at radius 1 is 0.375 bits per heavy atom. The van der Waals surface area contributed by atoms with Crippen LogP contribution in [0.5, 0.6) is 0 Å². The maximum Gasteiger partial charge on any atom is 0.164 e. The van der Waals surface area contributed by atoms with Gasteiger partial charge in [-0.05, 0) is 94.6 Å². The summed E-state index contributed by atoms with van der Waals surface area (Å²) in [4.78, 5) is 50.4. The lowest BCUT2D eigenvalue weighted by molar-refractivity contribution is 0.704. The van der Waals surface area contributed by atoms with E-state index in [2.05, 4.69) is 236 Å².